The van der Waals surface area contributed by atoms with Gasteiger partial charge in [-0.3, -0.25) is 4.98 Å². The maximum Gasteiger partial charge on any atom is 0.183 e. The van der Waals surface area contributed by atoms with Crippen LogP contribution in [0, 0.1) is 0 Å². The first-order valence-corrected chi connectivity index (χ1v) is 7.22. The molecule has 0 bridgehead atoms. The molecule has 0 fully saturated rings. The Labute approximate surface area is 130 Å². The maximum atomic E-state index is 5.78. The molecule has 2 rings (SSSR count). The van der Waals surface area contributed by atoms with Crippen LogP contribution in [-0.2, 0) is 19.0 Å². The minimum absolute atomic E-state index is 0.540. The Morgan fingerprint density at radius 2 is 1.71 bits per heavy atom. The highest BCUT2D eigenvalue weighted by molar-refractivity contribution is 6.17. The molecule has 1 N–H and O–H groups in total. The van der Waals surface area contributed by atoms with Gasteiger partial charge < -0.3 is 14.8 Å². The van der Waals surface area contributed by atoms with E-state index in [1.165, 1.54) is 5.56 Å². The van der Waals surface area contributed by atoms with Crippen LogP contribution in [-0.4, -0.2) is 19.2 Å². The van der Waals surface area contributed by atoms with Gasteiger partial charge in [0.05, 0.1) is 19.9 Å². The first kappa shape index (κ1) is 15.6. The highest BCUT2D eigenvalue weighted by Crippen LogP contribution is 2.28. The van der Waals surface area contributed by atoms with Crippen LogP contribution >= 0.6 is 11.6 Å². The summed E-state index contributed by atoms with van der Waals surface area (Å²) >= 11 is 5.78. The second-order valence-corrected chi connectivity index (χ2v) is 4.81. The molecule has 0 aliphatic rings. The number of ether oxygens (including phenoxy) is 2. The van der Waals surface area contributed by atoms with Gasteiger partial charge in [-0.2, -0.15) is 0 Å². The third-order valence-electron chi connectivity index (χ3n) is 3.17. The number of methoxy groups -OCH3 is 2. The summed E-state index contributed by atoms with van der Waals surface area (Å²) in [5, 5.41) is 3.35. The van der Waals surface area contributed by atoms with Gasteiger partial charge in [0.1, 0.15) is 0 Å². The fraction of sp³-hybridized carbons (Fsp3) is 0.312. The Bertz CT molecular complexity index is 573. The van der Waals surface area contributed by atoms with Gasteiger partial charge in [0.25, 0.3) is 0 Å². The third-order valence-corrected chi connectivity index (χ3v) is 3.47. The molecule has 112 valence electrons. The maximum absolute atomic E-state index is 5.78. The summed E-state index contributed by atoms with van der Waals surface area (Å²) in [6.45, 7) is 1.36. The second kappa shape index (κ2) is 7.86. The van der Waals surface area contributed by atoms with Crippen molar-refractivity contribution in [2.24, 2.45) is 0 Å². The van der Waals surface area contributed by atoms with E-state index in [0.717, 1.165) is 17.8 Å². The predicted octanol–water partition coefficient (Wildman–Crippen LogP) is 3.13. The predicted molar refractivity (Wildman–Crippen MR) is 83.9 cm³/mol. The molecule has 0 unspecified atom stereocenters. The molecular weight excluding hydrogens is 288 g/mol. The minimum Gasteiger partial charge on any atom is -0.493 e. The van der Waals surface area contributed by atoms with Crippen LogP contribution in [0.15, 0.2) is 36.5 Å². The van der Waals surface area contributed by atoms with Crippen LogP contribution in [0.5, 0.6) is 11.5 Å². The molecule has 0 saturated heterocycles. The number of nitrogens with zero attached hydrogens (tertiary/aromatic N) is 1. The number of aromatic nitrogens is 1. The number of alkyl halides is 1. The third kappa shape index (κ3) is 4.09. The van der Waals surface area contributed by atoms with E-state index in [1.54, 1.807) is 26.5 Å². The number of rotatable bonds is 7. The van der Waals surface area contributed by atoms with E-state index < -0.39 is 0 Å². The zero-order chi connectivity index (χ0) is 15.1. The fourth-order valence-corrected chi connectivity index (χ4v) is 2.23. The largest absolute Gasteiger partial charge is 0.493 e. The van der Waals surface area contributed by atoms with Crippen molar-refractivity contribution in [2.45, 2.75) is 19.0 Å². The number of hydrogen-bond donors (Lipinski definition) is 1. The lowest BCUT2D eigenvalue weighted by atomic mass is 10.1. The van der Waals surface area contributed by atoms with Crippen molar-refractivity contribution in [3.05, 3.63) is 53.3 Å². The molecule has 0 aliphatic carbocycles. The molecule has 5 heteroatoms. The van der Waals surface area contributed by atoms with Crippen molar-refractivity contribution in [1.82, 2.24) is 10.3 Å². The molecular formula is C16H19ClN2O2. The van der Waals surface area contributed by atoms with E-state index in [0.29, 0.717) is 23.9 Å². The zero-order valence-corrected chi connectivity index (χ0v) is 13.0. The molecule has 1 heterocycles. The van der Waals surface area contributed by atoms with Gasteiger partial charge in [-0.05, 0) is 11.1 Å². The number of hydrogen-bond acceptors (Lipinski definition) is 4. The Morgan fingerprint density at radius 3 is 2.33 bits per heavy atom. The van der Waals surface area contributed by atoms with Gasteiger partial charge in [0.2, 0.25) is 0 Å². The second-order valence-electron chi connectivity index (χ2n) is 4.55. The van der Waals surface area contributed by atoms with E-state index in [-0.39, 0.29) is 0 Å². The number of halogens is 1. The van der Waals surface area contributed by atoms with Crippen LogP contribution < -0.4 is 14.8 Å². The quantitative estimate of drug-likeness (QED) is 0.798. The van der Waals surface area contributed by atoms with E-state index in [1.807, 2.05) is 12.1 Å². The Morgan fingerprint density at radius 1 is 1.00 bits per heavy atom. The van der Waals surface area contributed by atoms with Crippen molar-refractivity contribution in [3.63, 3.8) is 0 Å². The molecule has 0 saturated carbocycles. The van der Waals surface area contributed by atoms with E-state index in [4.69, 9.17) is 21.1 Å². The smallest absolute Gasteiger partial charge is 0.183 e. The molecule has 0 amide bonds. The zero-order valence-electron chi connectivity index (χ0n) is 12.2. The van der Waals surface area contributed by atoms with E-state index >= 15 is 0 Å². The van der Waals surface area contributed by atoms with Gasteiger partial charge in [-0.1, -0.05) is 24.3 Å². The van der Waals surface area contributed by atoms with Crippen molar-refractivity contribution in [3.8, 4) is 11.5 Å². The van der Waals surface area contributed by atoms with Crippen LogP contribution in [0.1, 0.15) is 16.8 Å². The molecule has 0 spiro atoms. The van der Waals surface area contributed by atoms with E-state index in [9.17, 15) is 0 Å². The summed E-state index contributed by atoms with van der Waals surface area (Å²) in [6, 6.07) is 10.00. The van der Waals surface area contributed by atoms with E-state index in [2.05, 4.69) is 22.4 Å². The molecule has 2 aromatic rings. The average Bonchev–Trinajstić information content (AvgIpc) is 2.55. The van der Waals surface area contributed by atoms with Gasteiger partial charge in [-0.15, -0.1) is 11.6 Å². The Kier molecular flexibility index (Phi) is 5.84. The van der Waals surface area contributed by atoms with Crippen molar-refractivity contribution >= 4 is 11.6 Å². The topological polar surface area (TPSA) is 43.4 Å². The summed E-state index contributed by atoms with van der Waals surface area (Å²) in [4.78, 5) is 4.33. The van der Waals surface area contributed by atoms with Gasteiger partial charge in [0.15, 0.2) is 11.5 Å². The summed E-state index contributed by atoms with van der Waals surface area (Å²) in [5.41, 5.74) is 3.15. The monoisotopic (exact) mass is 306 g/mol. The van der Waals surface area contributed by atoms with Gasteiger partial charge in [0, 0.05) is 31.2 Å². The van der Waals surface area contributed by atoms with Crippen molar-refractivity contribution in [2.75, 3.05) is 14.2 Å². The summed E-state index contributed by atoms with van der Waals surface area (Å²) in [6.07, 6.45) is 1.72. The molecule has 21 heavy (non-hydrogen) atoms. The number of pyridine rings is 1. The van der Waals surface area contributed by atoms with Gasteiger partial charge in [-0.25, -0.2) is 0 Å². The normalized spacial score (nSPS) is 10.4. The van der Waals surface area contributed by atoms with Crippen LogP contribution in [0.3, 0.4) is 0 Å². The first-order valence-electron chi connectivity index (χ1n) is 6.68. The van der Waals surface area contributed by atoms with Crippen LogP contribution in [0.4, 0.5) is 0 Å². The highest BCUT2D eigenvalue weighted by atomic mass is 35.5. The lowest BCUT2D eigenvalue weighted by Crippen LogP contribution is -2.14. The summed E-state index contributed by atoms with van der Waals surface area (Å²) < 4.78 is 10.6. The molecule has 0 atom stereocenters. The molecule has 0 radical (unpaired) electrons. The van der Waals surface area contributed by atoms with Gasteiger partial charge >= 0.3 is 0 Å². The molecule has 1 aromatic heterocycles. The molecule has 1 aromatic carbocycles. The van der Waals surface area contributed by atoms with Crippen LogP contribution in [0.25, 0.3) is 0 Å². The minimum atomic E-state index is 0.540. The Balaban J connectivity index is 1.96. The number of benzene rings is 1. The molecule has 4 nitrogen and oxygen atoms in total. The van der Waals surface area contributed by atoms with Crippen molar-refractivity contribution < 1.29 is 9.47 Å². The van der Waals surface area contributed by atoms with Crippen molar-refractivity contribution in [1.29, 1.82) is 0 Å². The molecule has 0 aliphatic heterocycles. The fourth-order valence-electron chi connectivity index (χ4n) is 2.05. The summed E-state index contributed by atoms with van der Waals surface area (Å²) in [7, 11) is 3.24. The average molecular weight is 307 g/mol. The lowest BCUT2D eigenvalue weighted by molar-refractivity contribution is 0.348. The van der Waals surface area contributed by atoms with Crippen LogP contribution in [0.2, 0.25) is 0 Å². The lowest BCUT2D eigenvalue weighted by Gasteiger charge is -2.12. The number of nitrogens with one attached hydrogen (secondary N) is 1. The standard InChI is InChI=1S/C16H19ClN2O2/c1-20-15-7-8-19-14(16(15)21-2)11-18-10-13-5-3-12(9-17)4-6-13/h3-8,18H,9-11H2,1-2H3. The highest BCUT2D eigenvalue weighted by Gasteiger charge is 2.10. The summed E-state index contributed by atoms with van der Waals surface area (Å²) in [5.74, 6) is 1.90. The SMILES string of the molecule is COc1ccnc(CNCc2ccc(CCl)cc2)c1OC. The Hall–Kier alpha value is -1.78. The first-order chi connectivity index (χ1) is 10.3.